The standard InChI is InChI=1S/C18H24O2/c1-11(2)16-6-5-12(3)7-14(16)9-17-13(4)8-15(19)10-18(17)20/h7-8,10,14,16,19-20H,1,5-6,9H2,2-4H3. The molecule has 2 nitrogen and oxygen atoms in total. The van der Waals surface area contributed by atoms with Crippen molar-refractivity contribution >= 4 is 0 Å². The molecule has 1 aliphatic carbocycles. The average molecular weight is 272 g/mol. The zero-order chi connectivity index (χ0) is 14.9. The van der Waals surface area contributed by atoms with Crippen LogP contribution in [0.15, 0.2) is 35.9 Å². The highest BCUT2D eigenvalue weighted by Gasteiger charge is 2.25. The van der Waals surface area contributed by atoms with Crippen molar-refractivity contribution in [1.82, 2.24) is 0 Å². The molecule has 0 heterocycles. The molecule has 0 radical (unpaired) electrons. The molecule has 2 atom stereocenters. The van der Waals surface area contributed by atoms with Crippen molar-refractivity contribution < 1.29 is 10.2 Å². The van der Waals surface area contributed by atoms with Crippen LogP contribution in [0, 0.1) is 18.8 Å². The Morgan fingerprint density at radius 2 is 2.00 bits per heavy atom. The second-order valence-corrected chi connectivity index (χ2v) is 6.13. The van der Waals surface area contributed by atoms with Crippen LogP contribution in [0.2, 0.25) is 0 Å². The summed E-state index contributed by atoms with van der Waals surface area (Å²) in [5, 5.41) is 19.6. The van der Waals surface area contributed by atoms with Gasteiger partial charge in [-0.3, -0.25) is 0 Å². The van der Waals surface area contributed by atoms with Gasteiger partial charge in [0.2, 0.25) is 0 Å². The minimum Gasteiger partial charge on any atom is -0.508 e. The Hall–Kier alpha value is -1.70. The Labute approximate surface area is 121 Å². The number of benzene rings is 1. The van der Waals surface area contributed by atoms with Crippen LogP contribution in [0.1, 0.15) is 37.8 Å². The van der Waals surface area contributed by atoms with Crippen LogP contribution in [-0.4, -0.2) is 10.2 Å². The van der Waals surface area contributed by atoms with Gasteiger partial charge in [0.25, 0.3) is 0 Å². The minimum atomic E-state index is 0.121. The van der Waals surface area contributed by atoms with Gasteiger partial charge in [-0.15, -0.1) is 0 Å². The van der Waals surface area contributed by atoms with Crippen molar-refractivity contribution in [1.29, 1.82) is 0 Å². The van der Waals surface area contributed by atoms with E-state index in [1.807, 2.05) is 6.92 Å². The molecule has 0 spiro atoms. The Bertz CT molecular complexity index is 532. The van der Waals surface area contributed by atoms with E-state index in [1.165, 1.54) is 17.2 Å². The lowest BCUT2D eigenvalue weighted by Gasteiger charge is -2.31. The van der Waals surface area contributed by atoms with Crippen molar-refractivity contribution in [2.45, 2.75) is 40.0 Å². The second kappa shape index (κ2) is 5.74. The van der Waals surface area contributed by atoms with Crippen LogP contribution in [-0.2, 0) is 6.42 Å². The smallest absolute Gasteiger partial charge is 0.122 e. The van der Waals surface area contributed by atoms with Crippen LogP contribution in [0.5, 0.6) is 11.5 Å². The minimum absolute atomic E-state index is 0.121. The highest BCUT2D eigenvalue weighted by Crippen LogP contribution is 2.38. The number of hydrogen-bond acceptors (Lipinski definition) is 2. The molecule has 2 unspecified atom stereocenters. The lowest BCUT2D eigenvalue weighted by molar-refractivity contribution is 0.388. The van der Waals surface area contributed by atoms with E-state index in [2.05, 4.69) is 26.5 Å². The molecule has 0 aliphatic heterocycles. The average Bonchev–Trinajstić information content (AvgIpc) is 2.33. The maximum Gasteiger partial charge on any atom is 0.122 e. The zero-order valence-corrected chi connectivity index (χ0v) is 12.6. The quantitative estimate of drug-likeness (QED) is 0.795. The third-order valence-electron chi connectivity index (χ3n) is 4.37. The first-order valence-electron chi connectivity index (χ1n) is 7.22. The van der Waals surface area contributed by atoms with E-state index in [-0.39, 0.29) is 11.5 Å². The van der Waals surface area contributed by atoms with Gasteiger partial charge in [0.1, 0.15) is 11.5 Å². The normalized spacial score (nSPS) is 22.4. The Morgan fingerprint density at radius 3 is 2.60 bits per heavy atom. The summed E-state index contributed by atoms with van der Waals surface area (Å²) in [6, 6.07) is 3.14. The molecule has 0 saturated carbocycles. The lowest BCUT2D eigenvalue weighted by atomic mass is 9.74. The first kappa shape index (κ1) is 14.7. The van der Waals surface area contributed by atoms with E-state index in [0.717, 1.165) is 30.4 Å². The number of phenols is 2. The van der Waals surface area contributed by atoms with Gasteiger partial charge in [-0.1, -0.05) is 23.8 Å². The molecule has 0 bridgehead atoms. The third-order valence-corrected chi connectivity index (χ3v) is 4.37. The van der Waals surface area contributed by atoms with Crippen molar-refractivity contribution in [2.24, 2.45) is 11.8 Å². The fraction of sp³-hybridized carbons (Fsp3) is 0.444. The number of aryl methyl sites for hydroxylation is 1. The van der Waals surface area contributed by atoms with Crippen LogP contribution >= 0.6 is 0 Å². The van der Waals surface area contributed by atoms with E-state index in [0.29, 0.717) is 11.8 Å². The predicted octanol–water partition coefficient (Wildman–Crippen LogP) is 4.50. The molecule has 0 fully saturated rings. The molecule has 108 valence electrons. The summed E-state index contributed by atoms with van der Waals surface area (Å²) in [4.78, 5) is 0. The SMILES string of the molecule is C=C(C)C1CCC(C)=CC1Cc1c(C)cc(O)cc1O. The van der Waals surface area contributed by atoms with E-state index < -0.39 is 0 Å². The highest BCUT2D eigenvalue weighted by atomic mass is 16.3. The van der Waals surface area contributed by atoms with Gasteiger partial charge >= 0.3 is 0 Å². The van der Waals surface area contributed by atoms with Gasteiger partial charge in [0.05, 0.1) is 0 Å². The maximum atomic E-state index is 10.1. The van der Waals surface area contributed by atoms with Crippen LogP contribution in [0.3, 0.4) is 0 Å². The molecular weight excluding hydrogens is 248 g/mol. The van der Waals surface area contributed by atoms with E-state index in [1.54, 1.807) is 6.07 Å². The van der Waals surface area contributed by atoms with E-state index >= 15 is 0 Å². The zero-order valence-electron chi connectivity index (χ0n) is 12.6. The van der Waals surface area contributed by atoms with Crippen molar-refractivity contribution in [3.63, 3.8) is 0 Å². The molecule has 2 heteroatoms. The van der Waals surface area contributed by atoms with Crippen LogP contribution in [0.25, 0.3) is 0 Å². The number of aromatic hydroxyl groups is 2. The highest BCUT2D eigenvalue weighted by molar-refractivity contribution is 5.45. The molecule has 0 aromatic heterocycles. The van der Waals surface area contributed by atoms with Crippen LogP contribution in [0.4, 0.5) is 0 Å². The van der Waals surface area contributed by atoms with Gasteiger partial charge in [0.15, 0.2) is 0 Å². The Balaban J connectivity index is 2.31. The first-order valence-corrected chi connectivity index (χ1v) is 7.22. The number of hydrogen-bond donors (Lipinski definition) is 2. The summed E-state index contributed by atoms with van der Waals surface area (Å²) in [5.41, 5.74) is 4.52. The maximum absolute atomic E-state index is 10.1. The molecule has 2 rings (SSSR count). The molecule has 1 aliphatic rings. The molecule has 20 heavy (non-hydrogen) atoms. The summed E-state index contributed by atoms with van der Waals surface area (Å²) in [6.45, 7) is 10.3. The van der Waals surface area contributed by atoms with Gasteiger partial charge in [0, 0.05) is 6.07 Å². The summed E-state index contributed by atoms with van der Waals surface area (Å²) in [6.07, 6.45) is 5.40. The third kappa shape index (κ3) is 3.06. The summed E-state index contributed by atoms with van der Waals surface area (Å²) in [7, 11) is 0. The summed E-state index contributed by atoms with van der Waals surface area (Å²) in [5.74, 6) is 1.18. The fourth-order valence-electron chi connectivity index (χ4n) is 3.26. The Morgan fingerprint density at radius 1 is 1.30 bits per heavy atom. The Kier molecular flexibility index (Phi) is 4.22. The summed E-state index contributed by atoms with van der Waals surface area (Å²) < 4.78 is 0. The van der Waals surface area contributed by atoms with E-state index in [9.17, 15) is 10.2 Å². The van der Waals surface area contributed by atoms with E-state index in [4.69, 9.17) is 0 Å². The van der Waals surface area contributed by atoms with Gasteiger partial charge in [-0.2, -0.15) is 0 Å². The van der Waals surface area contributed by atoms with Crippen LogP contribution < -0.4 is 0 Å². The molecule has 0 amide bonds. The van der Waals surface area contributed by atoms with Gasteiger partial charge in [-0.05, 0) is 69.1 Å². The van der Waals surface area contributed by atoms with Gasteiger partial charge < -0.3 is 10.2 Å². The number of phenolic OH excluding ortho intramolecular Hbond substituents is 2. The molecule has 1 aromatic carbocycles. The predicted molar refractivity (Wildman–Crippen MR) is 83.0 cm³/mol. The number of rotatable bonds is 3. The van der Waals surface area contributed by atoms with Gasteiger partial charge in [-0.25, -0.2) is 0 Å². The second-order valence-electron chi connectivity index (χ2n) is 6.13. The fourth-order valence-corrected chi connectivity index (χ4v) is 3.26. The monoisotopic (exact) mass is 272 g/mol. The molecule has 0 saturated heterocycles. The van der Waals surface area contributed by atoms with Crippen molar-refractivity contribution in [3.05, 3.63) is 47.1 Å². The molecular formula is C18H24O2. The van der Waals surface area contributed by atoms with Crippen molar-refractivity contribution in [2.75, 3.05) is 0 Å². The number of allylic oxidation sites excluding steroid dienone is 3. The largest absolute Gasteiger partial charge is 0.508 e. The molecule has 2 N–H and O–H groups in total. The molecule has 1 aromatic rings. The topological polar surface area (TPSA) is 40.5 Å². The first-order chi connectivity index (χ1) is 9.38. The van der Waals surface area contributed by atoms with Crippen molar-refractivity contribution in [3.8, 4) is 11.5 Å². The summed E-state index contributed by atoms with van der Waals surface area (Å²) >= 11 is 0. The lowest BCUT2D eigenvalue weighted by Crippen LogP contribution is -2.20.